The van der Waals surface area contributed by atoms with Crippen molar-refractivity contribution in [3.63, 3.8) is 0 Å². The second-order valence-electron chi connectivity index (χ2n) is 5.74. The standard InChI is InChI=1S/C19H22ClNO2/c1-11-8-12(2)19(14(4)22)13(3)16(11)10-21-17-9-15(20)6-7-18(17)23-5/h6-9,21H,10H2,1-5H3. The van der Waals surface area contributed by atoms with Gasteiger partial charge in [0.05, 0.1) is 12.8 Å². The highest BCUT2D eigenvalue weighted by Crippen LogP contribution is 2.29. The molecule has 0 saturated heterocycles. The summed E-state index contributed by atoms with van der Waals surface area (Å²) in [6, 6.07) is 7.53. The molecule has 1 N–H and O–H groups in total. The van der Waals surface area contributed by atoms with Crippen molar-refractivity contribution >= 4 is 23.1 Å². The molecule has 0 aliphatic carbocycles. The topological polar surface area (TPSA) is 38.3 Å². The first kappa shape index (κ1) is 17.4. The zero-order valence-corrected chi connectivity index (χ0v) is 15.0. The Morgan fingerprint density at radius 2 is 1.87 bits per heavy atom. The van der Waals surface area contributed by atoms with E-state index in [4.69, 9.17) is 16.3 Å². The second kappa shape index (κ2) is 7.05. The van der Waals surface area contributed by atoms with Crippen LogP contribution in [0, 0.1) is 20.8 Å². The molecule has 0 fully saturated rings. The minimum atomic E-state index is 0.0987. The number of anilines is 1. The SMILES string of the molecule is COc1ccc(Cl)cc1NCc1c(C)cc(C)c(C(C)=O)c1C. The van der Waals surface area contributed by atoms with Gasteiger partial charge in [-0.05, 0) is 68.1 Å². The summed E-state index contributed by atoms with van der Waals surface area (Å²) in [7, 11) is 1.63. The van der Waals surface area contributed by atoms with Crippen LogP contribution in [0.1, 0.15) is 39.5 Å². The number of ether oxygens (including phenoxy) is 1. The van der Waals surface area contributed by atoms with Crippen LogP contribution in [0.2, 0.25) is 5.02 Å². The van der Waals surface area contributed by atoms with Crippen LogP contribution < -0.4 is 10.1 Å². The van der Waals surface area contributed by atoms with Gasteiger partial charge in [0, 0.05) is 17.1 Å². The van der Waals surface area contributed by atoms with Crippen LogP contribution >= 0.6 is 11.6 Å². The van der Waals surface area contributed by atoms with Crippen molar-refractivity contribution in [1.29, 1.82) is 0 Å². The van der Waals surface area contributed by atoms with Gasteiger partial charge in [-0.25, -0.2) is 0 Å². The summed E-state index contributed by atoms with van der Waals surface area (Å²) in [6.45, 7) is 8.27. The molecule has 0 aromatic heterocycles. The summed E-state index contributed by atoms with van der Waals surface area (Å²) in [5, 5.41) is 4.02. The van der Waals surface area contributed by atoms with E-state index in [2.05, 4.69) is 18.3 Å². The summed E-state index contributed by atoms with van der Waals surface area (Å²) < 4.78 is 5.36. The van der Waals surface area contributed by atoms with E-state index in [9.17, 15) is 4.79 Å². The van der Waals surface area contributed by atoms with E-state index in [0.717, 1.165) is 33.7 Å². The fraction of sp³-hybridized carbons (Fsp3) is 0.316. The molecule has 2 aromatic rings. The minimum Gasteiger partial charge on any atom is -0.495 e. The summed E-state index contributed by atoms with van der Waals surface area (Å²) in [4.78, 5) is 11.9. The maximum absolute atomic E-state index is 11.9. The van der Waals surface area contributed by atoms with Crippen LogP contribution in [0.4, 0.5) is 5.69 Å². The van der Waals surface area contributed by atoms with Crippen LogP contribution in [0.3, 0.4) is 0 Å². The number of carbonyl (C=O) groups is 1. The number of rotatable bonds is 5. The van der Waals surface area contributed by atoms with Crippen LogP contribution in [-0.2, 0) is 6.54 Å². The van der Waals surface area contributed by atoms with Crippen molar-refractivity contribution in [3.05, 3.63) is 57.1 Å². The smallest absolute Gasteiger partial charge is 0.160 e. The molecule has 0 saturated carbocycles. The molecule has 0 unspecified atom stereocenters. The summed E-state index contributed by atoms with van der Waals surface area (Å²) in [5.41, 5.74) is 6.00. The Kier molecular flexibility index (Phi) is 5.32. The van der Waals surface area contributed by atoms with Gasteiger partial charge in [0.2, 0.25) is 0 Å². The molecule has 0 heterocycles. The molecule has 122 valence electrons. The zero-order valence-electron chi connectivity index (χ0n) is 14.2. The van der Waals surface area contributed by atoms with Crippen molar-refractivity contribution < 1.29 is 9.53 Å². The molecule has 3 nitrogen and oxygen atoms in total. The first-order valence-electron chi connectivity index (χ1n) is 7.53. The van der Waals surface area contributed by atoms with Gasteiger partial charge >= 0.3 is 0 Å². The van der Waals surface area contributed by atoms with Gasteiger partial charge in [-0.2, -0.15) is 0 Å². The van der Waals surface area contributed by atoms with Crippen LogP contribution in [-0.4, -0.2) is 12.9 Å². The number of hydrogen-bond donors (Lipinski definition) is 1. The van der Waals surface area contributed by atoms with Gasteiger partial charge in [-0.3, -0.25) is 4.79 Å². The van der Waals surface area contributed by atoms with E-state index >= 15 is 0 Å². The van der Waals surface area contributed by atoms with Gasteiger partial charge in [-0.15, -0.1) is 0 Å². The van der Waals surface area contributed by atoms with E-state index in [1.54, 1.807) is 20.1 Å². The summed E-state index contributed by atoms with van der Waals surface area (Å²) in [5.74, 6) is 0.838. The predicted octanol–water partition coefficient (Wildman–Crippen LogP) is 5.09. The Balaban J connectivity index is 2.36. The predicted molar refractivity (Wildman–Crippen MR) is 96.0 cm³/mol. The number of ketones is 1. The molecular weight excluding hydrogens is 310 g/mol. The number of carbonyl (C=O) groups excluding carboxylic acids is 1. The number of Topliss-reactive ketones (excluding diaryl/α,β-unsaturated/α-hetero) is 1. The molecule has 0 aliphatic heterocycles. The van der Waals surface area contributed by atoms with E-state index < -0.39 is 0 Å². The largest absolute Gasteiger partial charge is 0.495 e. The van der Waals surface area contributed by atoms with Gasteiger partial charge < -0.3 is 10.1 Å². The number of hydrogen-bond acceptors (Lipinski definition) is 3. The number of halogens is 1. The Bertz CT molecular complexity index is 754. The molecule has 0 bridgehead atoms. The van der Waals surface area contributed by atoms with Crippen molar-refractivity contribution in [1.82, 2.24) is 0 Å². The highest BCUT2D eigenvalue weighted by Gasteiger charge is 2.14. The van der Waals surface area contributed by atoms with Gasteiger partial charge in [-0.1, -0.05) is 17.7 Å². The maximum Gasteiger partial charge on any atom is 0.160 e. The van der Waals surface area contributed by atoms with Crippen molar-refractivity contribution in [2.45, 2.75) is 34.2 Å². The lowest BCUT2D eigenvalue weighted by molar-refractivity contribution is 0.101. The van der Waals surface area contributed by atoms with E-state index in [1.165, 1.54) is 5.56 Å². The lowest BCUT2D eigenvalue weighted by Gasteiger charge is -2.18. The van der Waals surface area contributed by atoms with Crippen molar-refractivity contribution in [2.75, 3.05) is 12.4 Å². The fourth-order valence-corrected chi connectivity index (χ4v) is 3.21. The van der Waals surface area contributed by atoms with Crippen LogP contribution in [0.25, 0.3) is 0 Å². The van der Waals surface area contributed by atoms with Crippen LogP contribution in [0.15, 0.2) is 24.3 Å². The van der Waals surface area contributed by atoms with E-state index in [0.29, 0.717) is 11.6 Å². The lowest BCUT2D eigenvalue weighted by atomic mass is 9.91. The molecule has 23 heavy (non-hydrogen) atoms. The average molecular weight is 332 g/mol. The third-order valence-electron chi connectivity index (χ3n) is 4.10. The first-order valence-corrected chi connectivity index (χ1v) is 7.91. The third-order valence-corrected chi connectivity index (χ3v) is 4.34. The second-order valence-corrected chi connectivity index (χ2v) is 6.18. The Hall–Kier alpha value is -2.00. The van der Waals surface area contributed by atoms with Gasteiger partial charge in [0.25, 0.3) is 0 Å². The summed E-state index contributed by atoms with van der Waals surface area (Å²) >= 11 is 6.07. The molecule has 2 aromatic carbocycles. The number of aryl methyl sites for hydroxylation is 2. The number of benzene rings is 2. The molecule has 0 radical (unpaired) electrons. The van der Waals surface area contributed by atoms with Gasteiger partial charge in [0.1, 0.15) is 5.75 Å². The van der Waals surface area contributed by atoms with Gasteiger partial charge in [0.15, 0.2) is 5.78 Å². The minimum absolute atomic E-state index is 0.0987. The van der Waals surface area contributed by atoms with E-state index in [1.807, 2.05) is 26.0 Å². The Morgan fingerprint density at radius 3 is 2.48 bits per heavy atom. The number of methoxy groups -OCH3 is 1. The maximum atomic E-state index is 11.9. The van der Waals surface area contributed by atoms with E-state index in [-0.39, 0.29) is 5.78 Å². The Morgan fingerprint density at radius 1 is 1.17 bits per heavy atom. The monoisotopic (exact) mass is 331 g/mol. The molecule has 0 atom stereocenters. The molecular formula is C19H22ClNO2. The van der Waals surface area contributed by atoms with Crippen LogP contribution in [0.5, 0.6) is 5.75 Å². The number of nitrogens with one attached hydrogen (secondary N) is 1. The molecule has 0 amide bonds. The summed E-state index contributed by atoms with van der Waals surface area (Å²) in [6.07, 6.45) is 0. The van der Waals surface area contributed by atoms with Crippen molar-refractivity contribution in [3.8, 4) is 5.75 Å². The normalized spacial score (nSPS) is 10.5. The molecule has 0 aliphatic rings. The highest BCUT2D eigenvalue weighted by atomic mass is 35.5. The molecule has 4 heteroatoms. The third kappa shape index (κ3) is 3.67. The average Bonchev–Trinajstić information content (AvgIpc) is 2.46. The van der Waals surface area contributed by atoms with Crippen molar-refractivity contribution in [2.24, 2.45) is 0 Å². The highest BCUT2D eigenvalue weighted by molar-refractivity contribution is 6.30. The molecule has 2 rings (SSSR count). The Labute approximate surface area is 142 Å². The molecule has 0 spiro atoms. The first-order chi connectivity index (χ1) is 10.8. The zero-order chi connectivity index (χ0) is 17.1. The fourth-order valence-electron chi connectivity index (χ4n) is 3.04. The quantitative estimate of drug-likeness (QED) is 0.776. The lowest BCUT2D eigenvalue weighted by Crippen LogP contribution is -2.10.